The number of rotatable bonds is 29. The number of phosphoric acid groups is 1. The number of esters is 1. The number of carbonyl (C=O) groups excluding carboxylic acids is 1. The number of hydrogen-bond donors (Lipinski definition) is 0. The van der Waals surface area contributed by atoms with Crippen LogP contribution in [0.15, 0.2) is 0 Å². The summed E-state index contributed by atoms with van der Waals surface area (Å²) in [4.78, 5) is 24.0. The van der Waals surface area contributed by atoms with E-state index in [9.17, 15) is 14.3 Å². The zero-order valence-electron chi connectivity index (χ0n) is 26.1. The maximum absolute atomic E-state index is 12.1. The number of ether oxygens (including phenoxy) is 2. The highest BCUT2D eigenvalue weighted by atomic mass is 31.2. The van der Waals surface area contributed by atoms with E-state index in [1.54, 1.807) is 0 Å². The third-order valence-corrected chi connectivity index (χ3v) is 7.59. The Morgan fingerprint density at radius 1 is 0.692 bits per heavy atom. The topological polar surface area (TPSA) is 94.1 Å². The molecule has 8 nitrogen and oxygen atoms in total. The first-order valence-corrected chi connectivity index (χ1v) is 17.2. The molecule has 0 fully saturated rings. The van der Waals surface area contributed by atoms with E-state index in [4.69, 9.17) is 18.5 Å². The summed E-state index contributed by atoms with van der Waals surface area (Å²) in [6, 6.07) is 0. The normalized spacial score (nSPS) is 14.3. The SMILES string of the molecule is CCCCCCCCCCCCCCCCCCOCC(COP(=O)([O-])OCC[N+](C)(C)C)OC(=O)CCC. The second-order valence-corrected chi connectivity index (χ2v) is 13.2. The Morgan fingerprint density at radius 2 is 1.18 bits per heavy atom. The van der Waals surface area contributed by atoms with E-state index < -0.39 is 13.9 Å². The molecule has 2 unspecified atom stereocenters. The molecule has 0 bridgehead atoms. The largest absolute Gasteiger partial charge is 0.756 e. The van der Waals surface area contributed by atoms with Gasteiger partial charge in [-0.25, -0.2) is 0 Å². The monoisotopic (exact) mass is 579 g/mol. The summed E-state index contributed by atoms with van der Waals surface area (Å²) in [5, 5.41) is 0. The third-order valence-electron chi connectivity index (χ3n) is 6.63. The smallest absolute Gasteiger partial charge is 0.306 e. The van der Waals surface area contributed by atoms with Gasteiger partial charge in [0.15, 0.2) is 0 Å². The molecule has 0 aromatic heterocycles. The van der Waals surface area contributed by atoms with Gasteiger partial charge in [0, 0.05) is 13.0 Å². The van der Waals surface area contributed by atoms with Gasteiger partial charge in [0.05, 0.1) is 34.4 Å². The summed E-state index contributed by atoms with van der Waals surface area (Å²) < 4.78 is 33.6. The van der Waals surface area contributed by atoms with Crippen LogP contribution in [0.2, 0.25) is 0 Å². The van der Waals surface area contributed by atoms with Crippen LogP contribution in [-0.2, 0) is 27.9 Å². The third kappa shape index (κ3) is 28.8. The molecule has 2 atom stereocenters. The van der Waals surface area contributed by atoms with Crippen molar-refractivity contribution in [3.05, 3.63) is 0 Å². The first kappa shape index (κ1) is 38.5. The first-order valence-electron chi connectivity index (χ1n) is 15.8. The van der Waals surface area contributed by atoms with Gasteiger partial charge in [-0.05, 0) is 12.8 Å². The zero-order chi connectivity index (χ0) is 29.2. The van der Waals surface area contributed by atoms with Crippen molar-refractivity contribution in [2.24, 2.45) is 0 Å². The highest BCUT2D eigenvalue weighted by Crippen LogP contribution is 2.38. The lowest BCUT2D eigenvalue weighted by Crippen LogP contribution is -2.37. The quantitative estimate of drug-likeness (QED) is 0.0401. The number of carbonyl (C=O) groups is 1. The van der Waals surface area contributed by atoms with Crippen molar-refractivity contribution in [3.8, 4) is 0 Å². The molecule has 234 valence electrons. The van der Waals surface area contributed by atoms with Gasteiger partial charge in [-0.3, -0.25) is 9.36 Å². The number of unbranched alkanes of at least 4 members (excludes halogenated alkanes) is 15. The molecular weight excluding hydrogens is 517 g/mol. The van der Waals surface area contributed by atoms with Crippen LogP contribution in [0.5, 0.6) is 0 Å². The minimum Gasteiger partial charge on any atom is -0.756 e. The van der Waals surface area contributed by atoms with Gasteiger partial charge in [-0.15, -0.1) is 0 Å². The minimum atomic E-state index is -4.48. The average Bonchev–Trinajstić information content (AvgIpc) is 2.85. The van der Waals surface area contributed by atoms with Gasteiger partial charge in [0.2, 0.25) is 0 Å². The molecule has 0 rings (SSSR count). The number of likely N-dealkylation sites (N-methyl/N-ethyl adjacent to an activating group) is 1. The van der Waals surface area contributed by atoms with Crippen LogP contribution in [0.1, 0.15) is 129 Å². The van der Waals surface area contributed by atoms with Gasteiger partial charge >= 0.3 is 5.97 Å². The molecule has 0 N–H and O–H groups in total. The van der Waals surface area contributed by atoms with Crippen LogP contribution in [-0.4, -0.2) is 70.7 Å². The Morgan fingerprint density at radius 3 is 1.64 bits per heavy atom. The van der Waals surface area contributed by atoms with Crippen LogP contribution in [0.25, 0.3) is 0 Å². The maximum atomic E-state index is 12.1. The van der Waals surface area contributed by atoms with E-state index >= 15 is 0 Å². The van der Waals surface area contributed by atoms with Crippen molar-refractivity contribution in [1.29, 1.82) is 0 Å². The maximum Gasteiger partial charge on any atom is 0.306 e. The Hall–Kier alpha value is -0.500. The van der Waals surface area contributed by atoms with E-state index in [1.165, 1.54) is 89.9 Å². The van der Waals surface area contributed by atoms with E-state index in [-0.39, 0.29) is 32.2 Å². The summed E-state index contributed by atoms with van der Waals surface area (Å²) >= 11 is 0. The van der Waals surface area contributed by atoms with Gasteiger partial charge in [-0.1, -0.05) is 110 Å². The van der Waals surface area contributed by atoms with E-state index in [2.05, 4.69) is 6.92 Å². The Bertz CT molecular complexity index is 613. The van der Waals surface area contributed by atoms with Crippen molar-refractivity contribution >= 4 is 13.8 Å². The highest BCUT2D eigenvalue weighted by Gasteiger charge is 2.20. The van der Waals surface area contributed by atoms with Crippen LogP contribution < -0.4 is 4.89 Å². The lowest BCUT2D eigenvalue weighted by molar-refractivity contribution is -0.870. The van der Waals surface area contributed by atoms with Crippen molar-refractivity contribution < 1.29 is 37.3 Å². The van der Waals surface area contributed by atoms with Crippen LogP contribution in [0.3, 0.4) is 0 Å². The van der Waals surface area contributed by atoms with Crippen LogP contribution >= 0.6 is 7.82 Å². The van der Waals surface area contributed by atoms with Gasteiger partial charge in [-0.2, -0.15) is 0 Å². The number of hydrogen-bond acceptors (Lipinski definition) is 7. The molecule has 0 aromatic rings. The lowest BCUT2D eigenvalue weighted by atomic mass is 10.0. The molecule has 0 aliphatic rings. The van der Waals surface area contributed by atoms with E-state index in [1.807, 2.05) is 28.1 Å². The second-order valence-electron chi connectivity index (χ2n) is 11.8. The standard InChI is InChI=1S/C30H62NO7P/c1-6-8-9-10-11-12-13-14-15-16-17-18-19-20-21-22-25-35-27-29(38-30(32)23-7-2)28-37-39(33,34)36-26-24-31(3,4)5/h29H,6-28H2,1-5H3. The van der Waals surface area contributed by atoms with Gasteiger partial charge in [0.25, 0.3) is 7.82 Å². The molecule has 0 aromatic carbocycles. The average molecular weight is 580 g/mol. The Kier molecular flexibility index (Phi) is 24.9. The molecule has 0 amide bonds. The van der Waals surface area contributed by atoms with Crippen LogP contribution in [0.4, 0.5) is 0 Å². The van der Waals surface area contributed by atoms with Crippen LogP contribution in [0, 0.1) is 0 Å². The molecule has 0 aliphatic heterocycles. The number of phosphoric ester groups is 1. The minimum absolute atomic E-state index is 0.0281. The second kappa shape index (κ2) is 25.2. The molecule has 0 spiro atoms. The molecular formula is C30H62NO7P. The fraction of sp³-hybridized carbons (Fsp3) is 0.967. The first-order chi connectivity index (χ1) is 18.6. The summed E-state index contributed by atoms with van der Waals surface area (Å²) in [7, 11) is 1.36. The van der Waals surface area contributed by atoms with Crippen molar-refractivity contribution in [2.75, 3.05) is 54.1 Å². The Balaban J connectivity index is 3.89. The molecule has 0 aliphatic carbocycles. The van der Waals surface area contributed by atoms with E-state index in [0.717, 1.165) is 12.8 Å². The summed E-state index contributed by atoms with van der Waals surface area (Å²) in [6.07, 6.45) is 21.2. The van der Waals surface area contributed by atoms with Crippen molar-refractivity contribution in [3.63, 3.8) is 0 Å². The summed E-state index contributed by atoms with van der Waals surface area (Å²) in [6.45, 7) is 5.05. The summed E-state index contributed by atoms with van der Waals surface area (Å²) in [5.74, 6) is -0.385. The fourth-order valence-electron chi connectivity index (χ4n) is 4.17. The Labute approximate surface area is 240 Å². The predicted molar refractivity (Wildman–Crippen MR) is 158 cm³/mol. The predicted octanol–water partition coefficient (Wildman–Crippen LogP) is 7.18. The molecule has 39 heavy (non-hydrogen) atoms. The number of nitrogens with zero attached hydrogens (tertiary/aromatic N) is 1. The molecule has 9 heteroatoms. The highest BCUT2D eigenvalue weighted by molar-refractivity contribution is 7.45. The lowest BCUT2D eigenvalue weighted by Gasteiger charge is -2.28. The molecule has 0 heterocycles. The fourth-order valence-corrected chi connectivity index (χ4v) is 4.90. The van der Waals surface area contributed by atoms with Crippen molar-refractivity contribution in [2.45, 2.75) is 136 Å². The van der Waals surface area contributed by atoms with E-state index in [0.29, 0.717) is 24.1 Å². The van der Waals surface area contributed by atoms with Gasteiger partial charge in [0.1, 0.15) is 19.3 Å². The van der Waals surface area contributed by atoms with Gasteiger partial charge < -0.3 is 27.9 Å². The zero-order valence-corrected chi connectivity index (χ0v) is 27.0. The molecule has 0 radical (unpaired) electrons. The van der Waals surface area contributed by atoms with Crippen molar-refractivity contribution in [1.82, 2.24) is 0 Å². The molecule has 0 saturated heterocycles. The summed E-state index contributed by atoms with van der Waals surface area (Å²) in [5.41, 5.74) is 0. The number of quaternary nitrogens is 1. The molecule has 0 saturated carbocycles.